The Bertz CT molecular complexity index is 587. The third-order valence-corrected chi connectivity index (χ3v) is 3.37. The number of benzene rings is 1. The molecule has 6 nitrogen and oxygen atoms in total. The van der Waals surface area contributed by atoms with E-state index in [1.165, 1.54) is 36.3 Å². The van der Waals surface area contributed by atoms with Gasteiger partial charge in [-0.15, -0.1) is 10.2 Å². The minimum absolute atomic E-state index is 0.0653. The van der Waals surface area contributed by atoms with Gasteiger partial charge in [0.25, 0.3) is 5.69 Å². The van der Waals surface area contributed by atoms with Crippen molar-refractivity contribution in [2.24, 2.45) is 7.05 Å². The molecule has 94 valence electrons. The van der Waals surface area contributed by atoms with Crippen LogP contribution in [0.4, 0.5) is 10.1 Å². The first kappa shape index (κ1) is 12.5. The largest absolute Gasteiger partial charge is 0.312 e. The van der Waals surface area contributed by atoms with E-state index in [1.54, 1.807) is 11.6 Å². The molecule has 0 atom stereocenters. The first-order valence-corrected chi connectivity index (χ1v) is 5.96. The Balaban J connectivity index is 2.24. The zero-order valence-electron chi connectivity index (χ0n) is 9.41. The van der Waals surface area contributed by atoms with Gasteiger partial charge in [-0.05, 0) is 6.07 Å². The molecule has 1 aromatic carbocycles. The van der Waals surface area contributed by atoms with Crippen LogP contribution in [-0.4, -0.2) is 19.7 Å². The Labute approximate surface area is 106 Å². The van der Waals surface area contributed by atoms with E-state index in [0.717, 1.165) is 0 Å². The van der Waals surface area contributed by atoms with E-state index in [2.05, 4.69) is 10.2 Å². The molecule has 0 saturated carbocycles. The van der Waals surface area contributed by atoms with Crippen LogP contribution in [0.3, 0.4) is 0 Å². The topological polar surface area (TPSA) is 73.8 Å². The van der Waals surface area contributed by atoms with Crippen molar-refractivity contribution < 1.29 is 9.31 Å². The number of aromatic nitrogens is 3. The zero-order valence-corrected chi connectivity index (χ0v) is 10.2. The summed E-state index contributed by atoms with van der Waals surface area (Å²) in [6, 6.07) is 3.82. The molecule has 1 heterocycles. The summed E-state index contributed by atoms with van der Waals surface area (Å²) in [6.07, 6.45) is 1.51. The minimum Gasteiger partial charge on any atom is -0.312 e. The van der Waals surface area contributed by atoms with Crippen LogP contribution < -0.4 is 0 Å². The predicted octanol–water partition coefficient (Wildman–Crippen LogP) is 2.15. The molecule has 0 saturated heterocycles. The molecular formula is C10H9FN4O2S. The van der Waals surface area contributed by atoms with Crippen LogP contribution in [0.15, 0.2) is 29.7 Å². The number of hydrogen-bond acceptors (Lipinski definition) is 5. The van der Waals surface area contributed by atoms with Gasteiger partial charge in [-0.1, -0.05) is 17.8 Å². The standard InChI is InChI=1S/C10H9FN4O2S/c1-14-6-12-13-10(14)18-5-7-8(11)3-2-4-9(7)15(16)17/h2-4,6H,5H2,1H3. The lowest BCUT2D eigenvalue weighted by atomic mass is 10.2. The molecular weight excluding hydrogens is 259 g/mol. The van der Waals surface area contributed by atoms with Crippen molar-refractivity contribution >= 4 is 17.4 Å². The van der Waals surface area contributed by atoms with Gasteiger partial charge >= 0.3 is 0 Å². The van der Waals surface area contributed by atoms with Crippen LogP contribution in [0.1, 0.15) is 5.56 Å². The number of nitro groups is 1. The molecule has 0 aliphatic rings. The highest BCUT2D eigenvalue weighted by Crippen LogP contribution is 2.28. The summed E-state index contributed by atoms with van der Waals surface area (Å²) in [5.74, 6) is -0.450. The van der Waals surface area contributed by atoms with Gasteiger partial charge in [0.15, 0.2) is 5.16 Å². The maximum absolute atomic E-state index is 13.6. The van der Waals surface area contributed by atoms with Gasteiger partial charge in [-0.25, -0.2) is 4.39 Å². The van der Waals surface area contributed by atoms with Gasteiger partial charge < -0.3 is 4.57 Å². The lowest BCUT2D eigenvalue weighted by molar-refractivity contribution is -0.385. The Kier molecular flexibility index (Phi) is 3.56. The number of thioether (sulfide) groups is 1. The summed E-state index contributed by atoms with van der Waals surface area (Å²) in [6.45, 7) is 0. The molecule has 0 unspecified atom stereocenters. The van der Waals surface area contributed by atoms with Crippen molar-refractivity contribution in [3.8, 4) is 0 Å². The van der Waals surface area contributed by atoms with E-state index >= 15 is 0 Å². The molecule has 0 amide bonds. The number of halogens is 1. The number of rotatable bonds is 4. The van der Waals surface area contributed by atoms with Crippen molar-refractivity contribution in [2.75, 3.05) is 0 Å². The highest BCUT2D eigenvalue weighted by molar-refractivity contribution is 7.98. The van der Waals surface area contributed by atoms with Crippen LogP contribution in [0, 0.1) is 15.9 Å². The van der Waals surface area contributed by atoms with Crippen molar-refractivity contribution in [2.45, 2.75) is 10.9 Å². The number of nitrogens with zero attached hydrogens (tertiary/aromatic N) is 4. The van der Waals surface area contributed by atoms with Crippen LogP contribution in [-0.2, 0) is 12.8 Å². The lowest BCUT2D eigenvalue weighted by Gasteiger charge is -2.03. The van der Waals surface area contributed by atoms with Crippen LogP contribution in [0.2, 0.25) is 0 Å². The minimum atomic E-state index is -0.588. The monoisotopic (exact) mass is 268 g/mol. The fourth-order valence-electron chi connectivity index (χ4n) is 1.40. The van der Waals surface area contributed by atoms with E-state index in [4.69, 9.17) is 0 Å². The maximum Gasteiger partial charge on any atom is 0.276 e. The second-order valence-electron chi connectivity index (χ2n) is 3.51. The smallest absolute Gasteiger partial charge is 0.276 e. The van der Waals surface area contributed by atoms with Gasteiger partial charge in [-0.3, -0.25) is 10.1 Å². The van der Waals surface area contributed by atoms with Gasteiger partial charge in [-0.2, -0.15) is 0 Å². The molecule has 0 spiro atoms. The van der Waals surface area contributed by atoms with E-state index in [1.807, 2.05) is 0 Å². The van der Waals surface area contributed by atoms with Gasteiger partial charge in [0, 0.05) is 18.9 Å². The molecule has 1 aromatic heterocycles. The summed E-state index contributed by atoms with van der Waals surface area (Å²) in [5.41, 5.74) is -0.153. The third-order valence-electron chi connectivity index (χ3n) is 2.31. The summed E-state index contributed by atoms with van der Waals surface area (Å²) >= 11 is 1.20. The number of nitro benzene ring substituents is 1. The second kappa shape index (κ2) is 5.13. The summed E-state index contributed by atoms with van der Waals surface area (Å²) < 4.78 is 15.2. The first-order chi connectivity index (χ1) is 8.59. The van der Waals surface area contributed by atoms with Crippen LogP contribution in [0.25, 0.3) is 0 Å². The Hall–Kier alpha value is -1.96. The van der Waals surface area contributed by atoms with Gasteiger partial charge in [0.2, 0.25) is 0 Å². The molecule has 2 aromatic rings. The predicted molar refractivity (Wildman–Crippen MR) is 63.6 cm³/mol. The molecule has 18 heavy (non-hydrogen) atoms. The zero-order chi connectivity index (χ0) is 13.1. The number of hydrogen-bond donors (Lipinski definition) is 0. The molecule has 0 N–H and O–H groups in total. The Morgan fingerprint density at radius 1 is 1.56 bits per heavy atom. The van der Waals surface area contributed by atoms with Gasteiger partial charge in [0.05, 0.1) is 10.5 Å². The molecule has 0 fully saturated rings. The molecule has 8 heteroatoms. The van der Waals surface area contributed by atoms with Crippen molar-refractivity contribution in [3.05, 3.63) is 46.0 Å². The van der Waals surface area contributed by atoms with Crippen molar-refractivity contribution in [1.29, 1.82) is 0 Å². The normalized spacial score (nSPS) is 10.6. The van der Waals surface area contributed by atoms with Crippen molar-refractivity contribution in [1.82, 2.24) is 14.8 Å². The fourth-order valence-corrected chi connectivity index (χ4v) is 2.32. The van der Waals surface area contributed by atoms with E-state index in [9.17, 15) is 14.5 Å². The average molecular weight is 268 g/mol. The summed E-state index contributed by atoms with van der Waals surface area (Å²) in [7, 11) is 1.75. The molecule has 0 aliphatic heterocycles. The third kappa shape index (κ3) is 2.48. The lowest BCUT2D eigenvalue weighted by Crippen LogP contribution is -1.98. The molecule has 0 aliphatic carbocycles. The molecule has 2 rings (SSSR count). The Morgan fingerprint density at radius 3 is 2.94 bits per heavy atom. The van der Waals surface area contributed by atoms with Crippen molar-refractivity contribution in [3.63, 3.8) is 0 Å². The Morgan fingerprint density at radius 2 is 2.33 bits per heavy atom. The second-order valence-corrected chi connectivity index (χ2v) is 4.45. The summed E-state index contributed by atoms with van der Waals surface area (Å²) in [4.78, 5) is 10.2. The highest BCUT2D eigenvalue weighted by Gasteiger charge is 2.18. The average Bonchev–Trinajstić information content (AvgIpc) is 2.73. The van der Waals surface area contributed by atoms with E-state index < -0.39 is 10.7 Å². The fraction of sp³-hybridized carbons (Fsp3) is 0.200. The van der Waals surface area contributed by atoms with E-state index in [-0.39, 0.29) is 17.0 Å². The first-order valence-electron chi connectivity index (χ1n) is 4.98. The maximum atomic E-state index is 13.6. The highest BCUT2D eigenvalue weighted by atomic mass is 32.2. The number of aryl methyl sites for hydroxylation is 1. The quantitative estimate of drug-likeness (QED) is 0.482. The van der Waals surface area contributed by atoms with Crippen LogP contribution >= 0.6 is 11.8 Å². The van der Waals surface area contributed by atoms with E-state index in [0.29, 0.717) is 5.16 Å². The molecule has 0 bridgehead atoms. The summed E-state index contributed by atoms with van der Waals surface area (Å²) in [5, 5.41) is 18.9. The SMILES string of the molecule is Cn1cnnc1SCc1c(F)cccc1[N+](=O)[O-]. The van der Waals surface area contributed by atoms with Crippen LogP contribution in [0.5, 0.6) is 0 Å². The van der Waals surface area contributed by atoms with Gasteiger partial charge in [0.1, 0.15) is 12.1 Å². The molecule has 0 radical (unpaired) electrons.